The van der Waals surface area contributed by atoms with Crippen molar-refractivity contribution >= 4 is 28.8 Å². The van der Waals surface area contributed by atoms with Crippen LogP contribution >= 0.6 is 11.3 Å². The van der Waals surface area contributed by atoms with Gasteiger partial charge in [0.1, 0.15) is 0 Å². The molecule has 1 saturated heterocycles. The van der Waals surface area contributed by atoms with Crippen LogP contribution in [0.3, 0.4) is 0 Å². The van der Waals surface area contributed by atoms with E-state index in [-0.39, 0.29) is 23.8 Å². The van der Waals surface area contributed by atoms with Gasteiger partial charge in [0.25, 0.3) is 5.91 Å². The Morgan fingerprint density at radius 2 is 1.89 bits per heavy atom. The standard InChI is InChI=1S/C20H18F3NO3S/c1-12(25)17-9-15(11-28-17)19(27)24-7-3-5-14(10-24)18(26)13-4-2-6-16(8-13)20(21,22)23/h2,4,6,8-9,11,14H,3,5,7,10H2,1H3. The largest absolute Gasteiger partial charge is 0.416 e. The Balaban J connectivity index is 1.74. The van der Waals surface area contributed by atoms with E-state index in [1.54, 1.807) is 5.38 Å². The average Bonchev–Trinajstić information content (AvgIpc) is 3.17. The van der Waals surface area contributed by atoms with Gasteiger partial charge in [-0.25, -0.2) is 0 Å². The fourth-order valence-corrected chi connectivity index (χ4v) is 4.06. The second-order valence-corrected chi connectivity index (χ2v) is 7.70. The molecule has 1 aliphatic heterocycles. The Bertz CT molecular complexity index is 919. The minimum atomic E-state index is -4.52. The molecule has 2 heterocycles. The van der Waals surface area contributed by atoms with Gasteiger partial charge in [-0.1, -0.05) is 12.1 Å². The molecule has 148 valence electrons. The van der Waals surface area contributed by atoms with E-state index in [4.69, 9.17) is 0 Å². The summed E-state index contributed by atoms with van der Waals surface area (Å²) in [6.45, 7) is 2.04. The molecule has 0 bridgehead atoms. The van der Waals surface area contributed by atoms with E-state index in [0.717, 1.165) is 12.1 Å². The lowest BCUT2D eigenvalue weighted by Crippen LogP contribution is -2.42. The molecule has 2 aromatic rings. The lowest BCUT2D eigenvalue weighted by molar-refractivity contribution is -0.137. The first-order valence-corrected chi connectivity index (χ1v) is 9.65. The zero-order valence-electron chi connectivity index (χ0n) is 15.1. The summed E-state index contributed by atoms with van der Waals surface area (Å²) in [6, 6.07) is 5.91. The first-order valence-electron chi connectivity index (χ1n) is 8.77. The fourth-order valence-electron chi connectivity index (χ4n) is 3.28. The van der Waals surface area contributed by atoms with Gasteiger partial charge in [-0.2, -0.15) is 13.2 Å². The summed E-state index contributed by atoms with van der Waals surface area (Å²) in [4.78, 5) is 38.8. The third kappa shape index (κ3) is 4.32. The van der Waals surface area contributed by atoms with Crippen LogP contribution in [0, 0.1) is 5.92 Å². The number of hydrogen-bond acceptors (Lipinski definition) is 4. The van der Waals surface area contributed by atoms with Crippen LogP contribution in [0.2, 0.25) is 0 Å². The second kappa shape index (κ2) is 7.87. The summed E-state index contributed by atoms with van der Waals surface area (Å²) in [5, 5.41) is 1.61. The van der Waals surface area contributed by atoms with Crippen molar-refractivity contribution < 1.29 is 27.6 Å². The second-order valence-electron chi connectivity index (χ2n) is 6.79. The highest BCUT2D eigenvalue weighted by molar-refractivity contribution is 7.12. The minimum Gasteiger partial charge on any atom is -0.338 e. The van der Waals surface area contributed by atoms with E-state index in [9.17, 15) is 27.6 Å². The van der Waals surface area contributed by atoms with Crippen LogP contribution in [0.4, 0.5) is 13.2 Å². The number of rotatable bonds is 4. The molecule has 1 aromatic heterocycles. The SMILES string of the molecule is CC(=O)c1cc(C(=O)N2CCCC(C(=O)c3cccc(C(F)(F)F)c3)C2)cs1. The number of ketones is 2. The number of benzene rings is 1. The van der Waals surface area contributed by atoms with E-state index in [2.05, 4.69) is 0 Å². The Morgan fingerprint density at radius 3 is 2.54 bits per heavy atom. The monoisotopic (exact) mass is 409 g/mol. The van der Waals surface area contributed by atoms with Crippen molar-refractivity contribution in [2.75, 3.05) is 13.1 Å². The molecular formula is C20H18F3NO3S. The molecule has 1 amide bonds. The number of Topliss-reactive ketones (excluding diaryl/α,β-unsaturated/α-hetero) is 2. The molecule has 1 atom stereocenters. The zero-order valence-corrected chi connectivity index (χ0v) is 15.9. The number of carbonyl (C=O) groups is 3. The van der Waals surface area contributed by atoms with Gasteiger partial charge < -0.3 is 4.90 Å². The van der Waals surface area contributed by atoms with Crippen molar-refractivity contribution in [1.29, 1.82) is 0 Å². The van der Waals surface area contributed by atoms with Gasteiger partial charge in [0.2, 0.25) is 0 Å². The maximum Gasteiger partial charge on any atom is 0.416 e. The number of carbonyl (C=O) groups excluding carboxylic acids is 3. The van der Waals surface area contributed by atoms with Crippen LogP contribution in [0.15, 0.2) is 35.7 Å². The van der Waals surface area contributed by atoms with Crippen LogP contribution in [0.25, 0.3) is 0 Å². The number of thiophene rings is 1. The van der Waals surface area contributed by atoms with Gasteiger partial charge in [0, 0.05) is 30.0 Å². The number of alkyl halides is 3. The molecule has 3 rings (SSSR count). The highest BCUT2D eigenvalue weighted by Gasteiger charge is 2.33. The quantitative estimate of drug-likeness (QED) is 0.688. The number of hydrogen-bond donors (Lipinski definition) is 0. The van der Waals surface area contributed by atoms with Crippen molar-refractivity contribution in [2.24, 2.45) is 5.92 Å². The molecule has 1 fully saturated rings. The number of piperidine rings is 1. The first-order chi connectivity index (χ1) is 13.2. The van der Waals surface area contributed by atoms with Crippen LogP contribution in [-0.2, 0) is 6.18 Å². The number of likely N-dealkylation sites (tertiary alicyclic amines) is 1. The normalized spacial score (nSPS) is 17.4. The Kier molecular flexibility index (Phi) is 5.69. The summed E-state index contributed by atoms with van der Waals surface area (Å²) in [5.41, 5.74) is -0.469. The molecule has 0 aliphatic carbocycles. The minimum absolute atomic E-state index is 0.00326. The van der Waals surface area contributed by atoms with E-state index in [1.807, 2.05) is 0 Å². The summed E-state index contributed by atoms with van der Waals surface area (Å²) < 4.78 is 38.7. The van der Waals surface area contributed by atoms with E-state index in [1.165, 1.54) is 41.4 Å². The lowest BCUT2D eigenvalue weighted by Gasteiger charge is -2.32. The molecule has 1 unspecified atom stereocenters. The molecule has 0 N–H and O–H groups in total. The van der Waals surface area contributed by atoms with Crippen LogP contribution < -0.4 is 0 Å². The molecule has 0 radical (unpaired) electrons. The number of halogens is 3. The van der Waals surface area contributed by atoms with Crippen LogP contribution in [0.1, 0.15) is 55.7 Å². The number of amides is 1. The predicted octanol–water partition coefficient (Wildman–Crippen LogP) is 4.70. The topological polar surface area (TPSA) is 54.5 Å². The Morgan fingerprint density at radius 1 is 1.14 bits per heavy atom. The van der Waals surface area contributed by atoms with Gasteiger partial charge in [-0.3, -0.25) is 14.4 Å². The van der Waals surface area contributed by atoms with Gasteiger partial charge in [-0.15, -0.1) is 11.3 Å². The Hall–Kier alpha value is -2.48. The fraction of sp³-hybridized carbons (Fsp3) is 0.350. The molecule has 0 saturated carbocycles. The van der Waals surface area contributed by atoms with Gasteiger partial charge in [0.05, 0.1) is 16.0 Å². The van der Waals surface area contributed by atoms with E-state index < -0.39 is 23.4 Å². The summed E-state index contributed by atoms with van der Waals surface area (Å²) in [5.74, 6) is -1.34. The molecule has 1 aliphatic rings. The third-order valence-electron chi connectivity index (χ3n) is 4.75. The molecular weight excluding hydrogens is 391 g/mol. The molecule has 4 nitrogen and oxygen atoms in total. The maximum absolute atomic E-state index is 12.9. The predicted molar refractivity (Wildman–Crippen MR) is 98.7 cm³/mol. The zero-order chi connectivity index (χ0) is 20.5. The van der Waals surface area contributed by atoms with Crippen molar-refractivity contribution in [2.45, 2.75) is 25.9 Å². The highest BCUT2D eigenvalue weighted by Crippen LogP contribution is 2.31. The average molecular weight is 409 g/mol. The summed E-state index contributed by atoms with van der Waals surface area (Å²) in [6.07, 6.45) is -3.41. The van der Waals surface area contributed by atoms with Gasteiger partial charge in [-0.05, 0) is 38.0 Å². The van der Waals surface area contributed by atoms with E-state index >= 15 is 0 Å². The first kappa shape index (κ1) is 20.3. The van der Waals surface area contributed by atoms with Crippen molar-refractivity contribution in [3.05, 3.63) is 57.3 Å². The Labute approximate surface area is 164 Å². The third-order valence-corrected chi connectivity index (χ3v) is 5.78. The van der Waals surface area contributed by atoms with Crippen molar-refractivity contribution in [1.82, 2.24) is 4.90 Å². The van der Waals surface area contributed by atoms with Crippen LogP contribution in [0.5, 0.6) is 0 Å². The summed E-state index contributed by atoms with van der Waals surface area (Å²) >= 11 is 1.19. The molecule has 1 aromatic carbocycles. The van der Waals surface area contributed by atoms with Crippen molar-refractivity contribution in [3.63, 3.8) is 0 Å². The maximum atomic E-state index is 12.9. The van der Waals surface area contributed by atoms with E-state index in [0.29, 0.717) is 29.8 Å². The lowest BCUT2D eigenvalue weighted by atomic mass is 9.89. The smallest absolute Gasteiger partial charge is 0.338 e. The highest BCUT2D eigenvalue weighted by atomic mass is 32.1. The van der Waals surface area contributed by atoms with Gasteiger partial charge >= 0.3 is 6.18 Å². The summed E-state index contributed by atoms with van der Waals surface area (Å²) in [7, 11) is 0. The molecule has 0 spiro atoms. The van der Waals surface area contributed by atoms with Crippen LogP contribution in [-0.4, -0.2) is 35.5 Å². The molecule has 8 heteroatoms. The van der Waals surface area contributed by atoms with Gasteiger partial charge in [0.15, 0.2) is 11.6 Å². The molecule has 28 heavy (non-hydrogen) atoms. The van der Waals surface area contributed by atoms with Crippen molar-refractivity contribution in [3.8, 4) is 0 Å². The number of nitrogens with zero attached hydrogens (tertiary/aromatic N) is 1.